The summed E-state index contributed by atoms with van der Waals surface area (Å²) in [6, 6.07) is 14.3. The summed E-state index contributed by atoms with van der Waals surface area (Å²) < 4.78 is 18.9. The molecule has 3 aliphatic rings. The number of phenolic OH excluding ortho intramolecular Hbond substituents is 1. The molecule has 0 saturated heterocycles. The highest BCUT2D eigenvalue weighted by molar-refractivity contribution is 6.02. The van der Waals surface area contributed by atoms with Gasteiger partial charge in [0.1, 0.15) is 24.1 Å². The van der Waals surface area contributed by atoms with Crippen LogP contribution in [0.3, 0.4) is 0 Å². The molecule has 2 aliphatic carbocycles. The standard InChI is InChI=1S/C37H48N2O8/c1-4-20-45-37-33(39(2)36(43)44-3)23-31(38-46-24-25-12-6-5-7-13-25)29-21-26(14-8-10-18-40)28(15-9-11-19-41)34(35(29)37)30-22-27(42)16-17-32(30)47-37/h4-7,12-13,16-17,21-22,26,28,33-35,40-42H,1,8-11,14-15,18-20,23-24H2,2-3H3. The number of allylic oxidation sites excluding steroid dienone is 1. The molecule has 0 aromatic heterocycles. The summed E-state index contributed by atoms with van der Waals surface area (Å²) >= 11 is 0. The Kier molecular flexibility index (Phi) is 11.6. The molecular weight excluding hydrogens is 600 g/mol. The number of hydrogen-bond acceptors (Lipinski definition) is 9. The molecule has 6 atom stereocenters. The van der Waals surface area contributed by atoms with Gasteiger partial charge >= 0.3 is 6.09 Å². The number of amides is 1. The van der Waals surface area contributed by atoms with E-state index in [-0.39, 0.29) is 56.4 Å². The van der Waals surface area contributed by atoms with E-state index < -0.39 is 23.8 Å². The molecule has 1 heterocycles. The number of carbonyl (C=O) groups is 1. The second kappa shape index (κ2) is 15.8. The summed E-state index contributed by atoms with van der Waals surface area (Å²) in [7, 11) is 3.02. The molecule has 2 aromatic carbocycles. The van der Waals surface area contributed by atoms with Crippen molar-refractivity contribution in [2.75, 3.05) is 34.0 Å². The van der Waals surface area contributed by atoms with Crippen molar-refractivity contribution >= 4 is 11.8 Å². The predicted molar refractivity (Wildman–Crippen MR) is 178 cm³/mol. The predicted octanol–water partition coefficient (Wildman–Crippen LogP) is 5.92. The fraction of sp³-hybridized carbons (Fsp3) is 0.514. The normalized spacial score (nSPS) is 26.8. The summed E-state index contributed by atoms with van der Waals surface area (Å²) in [5, 5.41) is 34.8. The van der Waals surface area contributed by atoms with E-state index in [0.717, 1.165) is 42.4 Å². The molecule has 6 unspecified atom stereocenters. The van der Waals surface area contributed by atoms with E-state index in [1.807, 2.05) is 30.3 Å². The molecule has 1 aliphatic heterocycles. The lowest BCUT2D eigenvalue weighted by atomic mass is 9.55. The Morgan fingerprint density at radius 2 is 1.85 bits per heavy atom. The van der Waals surface area contributed by atoms with Crippen molar-refractivity contribution in [3.8, 4) is 11.5 Å². The van der Waals surface area contributed by atoms with Crippen molar-refractivity contribution in [1.82, 2.24) is 4.90 Å². The zero-order valence-corrected chi connectivity index (χ0v) is 27.4. The fourth-order valence-corrected chi connectivity index (χ4v) is 7.77. The van der Waals surface area contributed by atoms with Gasteiger partial charge in [-0.05, 0) is 66.9 Å². The summed E-state index contributed by atoms with van der Waals surface area (Å²) in [6.07, 6.45) is 8.36. The van der Waals surface area contributed by atoms with Crippen molar-refractivity contribution in [2.24, 2.45) is 22.9 Å². The molecule has 10 nitrogen and oxygen atoms in total. The molecule has 0 spiro atoms. The smallest absolute Gasteiger partial charge is 0.409 e. The maximum Gasteiger partial charge on any atom is 0.409 e. The summed E-state index contributed by atoms with van der Waals surface area (Å²) in [5.74, 6) is -1.07. The molecular formula is C37H48N2O8. The van der Waals surface area contributed by atoms with Crippen LogP contribution in [0.25, 0.3) is 0 Å². The number of methoxy groups -OCH3 is 1. The van der Waals surface area contributed by atoms with Crippen LogP contribution in [0.5, 0.6) is 11.5 Å². The topological polar surface area (TPSA) is 130 Å². The van der Waals surface area contributed by atoms with Gasteiger partial charge in [-0.25, -0.2) is 4.79 Å². The van der Waals surface area contributed by atoms with Crippen LogP contribution in [0.1, 0.15) is 62.0 Å². The molecule has 1 fully saturated rings. The van der Waals surface area contributed by atoms with Gasteiger partial charge in [-0.2, -0.15) is 0 Å². The summed E-state index contributed by atoms with van der Waals surface area (Å²) in [6.45, 7) is 4.58. The molecule has 1 saturated carbocycles. The lowest BCUT2D eigenvalue weighted by Gasteiger charge is -2.59. The van der Waals surface area contributed by atoms with Crippen LogP contribution in [0.4, 0.5) is 4.79 Å². The lowest BCUT2D eigenvalue weighted by Crippen LogP contribution is -2.69. The van der Waals surface area contributed by atoms with Gasteiger partial charge in [-0.15, -0.1) is 6.58 Å². The van der Waals surface area contributed by atoms with Crippen LogP contribution in [0, 0.1) is 17.8 Å². The van der Waals surface area contributed by atoms with Gasteiger partial charge in [0.15, 0.2) is 0 Å². The molecule has 0 bridgehead atoms. The van der Waals surface area contributed by atoms with E-state index in [1.54, 1.807) is 31.3 Å². The van der Waals surface area contributed by atoms with E-state index in [9.17, 15) is 20.1 Å². The van der Waals surface area contributed by atoms with E-state index >= 15 is 0 Å². The van der Waals surface area contributed by atoms with Gasteiger partial charge in [0.05, 0.1) is 25.3 Å². The zero-order valence-electron chi connectivity index (χ0n) is 27.4. The minimum atomic E-state index is -1.35. The number of oxime groups is 1. The number of aliphatic hydroxyl groups is 2. The number of nitrogens with zero attached hydrogens (tertiary/aromatic N) is 2. The molecule has 10 heteroatoms. The number of unbranched alkanes of at least 4 members (excludes halogenated alkanes) is 2. The highest BCUT2D eigenvalue weighted by Gasteiger charge is 2.65. The molecule has 3 N–H and O–H groups in total. The number of carbonyl (C=O) groups excluding carboxylic acids is 1. The van der Waals surface area contributed by atoms with Gasteiger partial charge < -0.3 is 39.3 Å². The van der Waals surface area contributed by atoms with Crippen LogP contribution in [0.15, 0.2) is 78.0 Å². The number of aliphatic hydroxyl groups excluding tert-OH is 2. The fourth-order valence-electron chi connectivity index (χ4n) is 7.77. The number of fused-ring (bicyclic) bond motifs is 2. The third kappa shape index (κ3) is 7.20. The van der Waals surface area contributed by atoms with Crippen LogP contribution < -0.4 is 4.74 Å². The first-order valence-electron chi connectivity index (χ1n) is 16.6. The Labute approximate surface area is 277 Å². The van der Waals surface area contributed by atoms with Crippen molar-refractivity contribution in [1.29, 1.82) is 0 Å². The number of aromatic hydroxyl groups is 1. The van der Waals surface area contributed by atoms with Gasteiger partial charge in [0.25, 0.3) is 0 Å². The highest BCUT2D eigenvalue weighted by Crippen LogP contribution is 2.61. The first-order chi connectivity index (χ1) is 22.9. The van der Waals surface area contributed by atoms with Crippen molar-refractivity contribution in [3.05, 3.63) is 84.0 Å². The third-order valence-corrected chi connectivity index (χ3v) is 9.84. The maximum absolute atomic E-state index is 13.2. The average molecular weight is 649 g/mol. The molecule has 47 heavy (non-hydrogen) atoms. The number of hydrogen-bond donors (Lipinski definition) is 3. The Bertz CT molecular complexity index is 1430. The SMILES string of the molecule is C=CCOC12Oc3ccc(O)cc3C3C(CCCCO)C(CCCCO)C=C(C(=NOCc4ccccc4)CC1N(C)C(=O)OC)C32. The number of phenols is 1. The first kappa shape index (κ1) is 34.5. The summed E-state index contributed by atoms with van der Waals surface area (Å²) in [5.41, 5.74) is 3.47. The Hall–Kier alpha value is -3.86. The average Bonchev–Trinajstić information content (AvgIpc) is 3.09. The summed E-state index contributed by atoms with van der Waals surface area (Å²) in [4.78, 5) is 20.7. The van der Waals surface area contributed by atoms with Crippen LogP contribution in [-0.2, 0) is 20.9 Å². The molecule has 5 rings (SSSR count). The minimum Gasteiger partial charge on any atom is -0.508 e. The number of likely N-dealkylation sites (N-methyl/N-ethyl adjacent to an activating group) is 1. The Morgan fingerprint density at radius 3 is 2.55 bits per heavy atom. The lowest BCUT2D eigenvalue weighted by molar-refractivity contribution is -0.253. The highest BCUT2D eigenvalue weighted by atomic mass is 16.7. The first-order valence-corrected chi connectivity index (χ1v) is 16.6. The minimum absolute atomic E-state index is 0.0822. The second-order valence-corrected chi connectivity index (χ2v) is 12.6. The van der Waals surface area contributed by atoms with Gasteiger partial charge in [0.2, 0.25) is 5.79 Å². The quantitative estimate of drug-likeness (QED) is 0.123. The Balaban J connectivity index is 1.71. The monoisotopic (exact) mass is 648 g/mol. The number of ether oxygens (including phenoxy) is 3. The van der Waals surface area contributed by atoms with E-state index in [4.69, 9.17) is 24.2 Å². The van der Waals surface area contributed by atoms with Gasteiger partial charge in [-0.3, -0.25) is 0 Å². The van der Waals surface area contributed by atoms with Crippen molar-refractivity contribution in [3.63, 3.8) is 0 Å². The number of rotatable bonds is 15. The third-order valence-electron chi connectivity index (χ3n) is 9.84. The van der Waals surface area contributed by atoms with Crippen molar-refractivity contribution < 1.29 is 39.2 Å². The van der Waals surface area contributed by atoms with Crippen LogP contribution in [0.2, 0.25) is 0 Å². The number of benzene rings is 2. The van der Waals surface area contributed by atoms with E-state index in [2.05, 4.69) is 12.7 Å². The molecule has 2 aromatic rings. The van der Waals surface area contributed by atoms with E-state index in [1.165, 1.54) is 12.0 Å². The van der Waals surface area contributed by atoms with Crippen molar-refractivity contribution in [2.45, 2.75) is 69.3 Å². The zero-order chi connectivity index (χ0) is 33.4. The second-order valence-electron chi connectivity index (χ2n) is 12.6. The van der Waals surface area contributed by atoms with E-state index in [0.29, 0.717) is 24.3 Å². The van der Waals surface area contributed by atoms with Gasteiger partial charge in [0, 0.05) is 38.2 Å². The van der Waals surface area contributed by atoms with Crippen LogP contribution >= 0.6 is 0 Å². The maximum atomic E-state index is 13.2. The van der Waals surface area contributed by atoms with Crippen LogP contribution in [-0.4, -0.2) is 77.8 Å². The Morgan fingerprint density at radius 1 is 1.11 bits per heavy atom. The largest absolute Gasteiger partial charge is 0.508 e. The molecule has 0 radical (unpaired) electrons. The van der Waals surface area contributed by atoms with Gasteiger partial charge in [-0.1, -0.05) is 60.5 Å². The molecule has 1 amide bonds. The molecule has 254 valence electrons.